The smallest absolute Gasteiger partial charge is 0.243 e. The fourth-order valence-electron chi connectivity index (χ4n) is 1.69. The molecule has 6 heteroatoms. The first-order chi connectivity index (χ1) is 8.69. The molecule has 98 valence electrons. The van der Waals surface area contributed by atoms with Crippen LogP contribution in [0, 0.1) is 6.92 Å². The maximum absolute atomic E-state index is 5.98. The summed E-state index contributed by atoms with van der Waals surface area (Å²) in [7, 11) is 0. The Hall–Kier alpha value is -1.27. The molecule has 2 aromatic rings. The van der Waals surface area contributed by atoms with Crippen LogP contribution in [0.4, 0.5) is 0 Å². The molecule has 5 nitrogen and oxygen atoms in total. The summed E-state index contributed by atoms with van der Waals surface area (Å²) >= 11 is 1.63. The van der Waals surface area contributed by atoms with Crippen molar-refractivity contribution in [2.24, 2.45) is 5.73 Å². The number of nitrogens with two attached hydrogens (primary N) is 1. The molecule has 0 amide bonds. The zero-order chi connectivity index (χ0) is 13.0. The lowest BCUT2D eigenvalue weighted by atomic mass is 10.1. The van der Waals surface area contributed by atoms with Gasteiger partial charge >= 0.3 is 0 Å². The molecule has 1 unspecified atom stereocenters. The minimum Gasteiger partial charge on any atom is -0.338 e. The van der Waals surface area contributed by atoms with Crippen LogP contribution in [0.5, 0.6) is 0 Å². The summed E-state index contributed by atoms with van der Waals surface area (Å²) in [6, 6.07) is -0.150. The number of aromatic nitrogens is 3. The van der Waals surface area contributed by atoms with Gasteiger partial charge in [-0.2, -0.15) is 4.98 Å². The molecule has 2 rings (SSSR count). The van der Waals surface area contributed by atoms with E-state index in [2.05, 4.69) is 22.0 Å². The van der Waals surface area contributed by atoms with Crippen LogP contribution in [0.1, 0.15) is 54.6 Å². The molecule has 0 radical (unpaired) electrons. The highest BCUT2D eigenvalue weighted by Crippen LogP contribution is 2.16. The Kier molecular flexibility index (Phi) is 4.43. The standard InChI is InChI=1S/C12H18N4OS/c1-3-4-5-10(13)12-15-11(16-17-12)6-9-7-18-8(2)14-9/h7,10H,3-6,13H2,1-2H3. The van der Waals surface area contributed by atoms with Crippen molar-refractivity contribution in [3.05, 3.63) is 27.8 Å². The van der Waals surface area contributed by atoms with Crippen molar-refractivity contribution < 1.29 is 4.52 Å². The quantitative estimate of drug-likeness (QED) is 0.869. The summed E-state index contributed by atoms with van der Waals surface area (Å²) in [4.78, 5) is 8.70. The number of hydrogen-bond donors (Lipinski definition) is 1. The topological polar surface area (TPSA) is 77.8 Å². The largest absolute Gasteiger partial charge is 0.338 e. The third kappa shape index (κ3) is 3.36. The number of hydrogen-bond acceptors (Lipinski definition) is 6. The van der Waals surface area contributed by atoms with Gasteiger partial charge in [-0.05, 0) is 13.3 Å². The SMILES string of the molecule is CCCCC(N)c1nc(Cc2csc(C)n2)no1. The van der Waals surface area contributed by atoms with Crippen molar-refractivity contribution in [2.45, 2.75) is 45.6 Å². The molecule has 0 aliphatic rings. The van der Waals surface area contributed by atoms with Gasteiger partial charge in [0, 0.05) is 5.38 Å². The van der Waals surface area contributed by atoms with E-state index >= 15 is 0 Å². The first-order valence-electron chi connectivity index (χ1n) is 6.18. The van der Waals surface area contributed by atoms with Gasteiger partial charge in [-0.25, -0.2) is 4.98 Å². The van der Waals surface area contributed by atoms with E-state index in [1.165, 1.54) is 0 Å². The molecular weight excluding hydrogens is 248 g/mol. The lowest BCUT2D eigenvalue weighted by Gasteiger charge is -2.03. The first-order valence-corrected chi connectivity index (χ1v) is 7.06. The number of thiazole rings is 1. The number of aryl methyl sites for hydroxylation is 1. The molecule has 1 atom stereocenters. The molecule has 2 heterocycles. The van der Waals surface area contributed by atoms with Crippen molar-refractivity contribution in [1.82, 2.24) is 15.1 Å². The van der Waals surface area contributed by atoms with Gasteiger partial charge in [-0.1, -0.05) is 24.9 Å². The predicted octanol–water partition coefficient (Wildman–Crippen LogP) is 2.62. The minimum atomic E-state index is -0.150. The van der Waals surface area contributed by atoms with Gasteiger partial charge in [-0.3, -0.25) is 0 Å². The number of nitrogens with zero attached hydrogens (tertiary/aromatic N) is 3. The van der Waals surface area contributed by atoms with Crippen LogP contribution < -0.4 is 5.73 Å². The average molecular weight is 266 g/mol. The normalized spacial score (nSPS) is 12.8. The molecule has 0 spiro atoms. The van der Waals surface area contributed by atoms with Gasteiger partial charge in [0.15, 0.2) is 5.82 Å². The molecule has 0 saturated carbocycles. The van der Waals surface area contributed by atoms with Gasteiger partial charge in [0.25, 0.3) is 0 Å². The summed E-state index contributed by atoms with van der Waals surface area (Å²) < 4.78 is 5.19. The van der Waals surface area contributed by atoms with Gasteiger partial charge in [0.05, 0.1) is 23.2 Å². The van der Waals surface area contributed by atoms with Crippen molar-refractivity contribution in [3.8, 4) is 0 Å². The second-order valence-electron chi connectivity index (χ2n) is 4.33. The van der Waals surface area contributed by atoms with Crippen LogP contribution in [0.3, 0.4) is 0 Å². The third-order valence-electron chi connectivity index (χ3n) is 2.68. The lowest BCUT2D eigenvalue weighted by Crippen LogP contribution is -2.10. The van der Waals surface area contributed by atoms with E-state index < -0.39 is 0 Å². The molecule has 18 heavy (non-hydrogen) atoms. The molecule has 0 aliphatic heterocycles. The van der Waals surface area contributed by atoms with Crippen LogP contribution in [-0.4, -0.2) is 15.1 Å². The van der Waals surface area contributed by atoms with Gasteiger partial charge < -0.3 is 10.3 Å². The van der Waals surface area contributed by atoms with E-state index in [4.69, 9.17) is 10.3 Å². The Morgan fingerprint density at radius 3 is 2.94 bits per heavy atom. The Labute approximate surface area is 110 Å². The summed E-state index contributed by atoms with van der Waals surface area (Å²) in [6.07, 6.45) is 3.68. The average Bonchev–Trinajstić information content (AvgIpc) is 2.96. The van der Waals surface area contributed by atoms with E-state index in [1.54, 1.807) is 11.3 Å². The Morgan fingerprint density at radius 1 is 1.44 bits per heavy atom. The second-order valence-corrected chi connectivity index (χ2v) is 5.39. The Bertz CT molecular complexity index is 494. The zero-order valence-electron chi connectivity index (χ0n) is 10.7. The first kappa shape index (κ1) is 13.2. The Morgan fingerprint density at radius 2 is 2.28 bits per heavy atom. The molecule has 0 bridgehead atoms. The molecule has 0 fully saturated rings. The van der Waals surface area contributed by atoms with E-state index in [-0.39, 0.29) is 6.04 Å². The molecule has 0 aliphatic carbocycles. The van der Waals surface area contributed by atoms with E-state index in [0.29, 0.717) is 18.1 Å². The summed E-state index contributed by atoms with van der Waals surface area (Å²) in [5.41, 5.74) is 6.96. The summed E-state index contributed by atoms with van der Waals surface area (Å²) in [5.74, 6) is 1.19. The minimum absolute atomic E-state index is 0.150. The monoisotopic (exact) mass is 266 g/mol. The van der Waals surface area contributed by atoms with Crippen LogP contribution in [0.2, 0.25) is 0 Å². The fourth-order valence-corrected chi connectivity index (χ4v) is 2.30. The maximum atomic E-state index is 5.98. The highest BCUT2D eigenvalue weighted by atomic mass is 32.1. The maximum Gasteiger partial charge on any atom is 0.243 e. The van der Waals surface area contributed by atoms with E-state index in [1.807, 2.05) is 12.3 Å². The van der Waals surface area contributed by atoms with Crippen LogP contribution in [-0.2, 0) is 6.42 Å². The highest BCUT2D eigenvalue weighted by molar-refractivity contribution is 7.09. The van der Waals surface area contributed by atoms with Gasteiger partial charge in [-0.15, -0.1) is 11.3 Å². The molecule has 0 saturated heterocycles. The zero-order valence-corrected chi connectivity index (χ0v) is 11.5. The van der Waals surface area contributed by atoms with Gasteiger partial charge in [0.1, 0.15) is 0 Å². The van der Waals surface area contributed by atoms with E-state index in [9.17, 15) is 0 Å². The number of unbranched alkanes of at least 4 members (excludes halogenated alkanes) is 1. The van der Waals surface area contributed by atoms with Crippen molar-refractivity contribution in [2.75, 3.05) is 0 Å². The second kappa shape index (κ2) is 6.06. The van der Waals surface area contributed by atoms with E-state index in [0.717, 1.165) is 30.0 Å². The molecule has 2 N–H and O–H groups in total. The van der Waals surface area contributed by atoms with Crippen molar-refractivity contribution in [1.29, 1.82) is 0 Å². The lowest BCUT2D eigenvalue weighted by molar-refractivity contribution is 0.343. The predicted molar refractivity (Wildman–Crippen MR) is 70.4 cm³/mol. The fraction of sp³-hybridized carbons (Fsp3) is 0.583. The number of rotatable bonds is 6. The van der Waals surface area contributed by atoms with Crippen molar-refractivity contribution >= 4 is 11.3 Å². The van der Waals surface area contributed by atoms with Crippen LogP contribution in [0.15, 0.2) is 9.90 Å². The summed E-state index contributed by atoms with van der Waals surface area (Å²) in [6.45, 7) is 4.12. The van der Waals surface area contributed by atoms with Crippen molar-refractivity contribution in [3.63, 3.8) is 0 Å². The molecule has 0 aromatic carbocycles. The summed E-state index contributed by atoms with van der Waals surface area (Å²) in [5, 5.41) is 7.01. The molecule has 2 aromatic heterocycles. The molecular formula is C12H18N4OS. The highest BCUT2D eigenvalue weighted by Gasteiger charge is 2.15. The van der Waals surface area contributed by atoms with Gasteiger partial charge in [0.2, 0.25) is 5.89 Å². The van der Waals surface area contributed by atoms with Crippen LogP contribution in [0.25, 0.3) is 0 Å². The van der Waals surface area contributed by atoms with Crippen LogP contribution >= 0.6 is 11.3 Å². The third-order valence-corrected chi connectivity index (χ3v) is 3.50. The Balaban J connectivity index is 1.97.